The van der Waals surface area contributed by atoms with E-state index in [1.807, 2.05) is 13.0 Å². The molecule has 4 heteroatoms. The zero-order chi connectivity index (χ0) is 13.0. The van der Waals surface area contributed by atoms with E-state index in [1.165, 1.54) is 5.56 Å². The summed E-state index contributed by atoms with van der Waals surface area (Å²) in [4.78, 5) is 2.40. The van der Waals surface area contributed by atoms with E-state index in [2.05, 4.69) is 17.0 Å². The van der Waals surface area contributed by atoms with Crippen molar-refractivity contribution in [2.45, 2.75) is 19.4 Å². The maximum absolute atomic E-state index is 6.20. The van der Waals surface area contributed by atoms with Gasteiger partial charge in [0, 0.05) is 37.3 Å². The molecule has 0 bridgehead atoms. The molecule has 2 N–H and O–H groups in total. The highest BCUT2D eigenvalue weighted by Crippen LogP contribution is 2.25. The van der Waals surface area contributed by atoms with Crippen LogP contribution in [-0.2, 0) is 4.74 Å². The second-order valence-electron chi connectivity index (χ2n) is 4.76. The number of nitrogens with two attached hydrogens (primary N) is 1. The van der Waals surface area contributed by atoms with Crippen molar-refractivity contribution in [3.63, 3.8) is 0 Å². The Bertz CT molecular complexity index is 389. The smallest absolute Gasteiger partial charge is 0.0593 e. The van der Waals surface area contributed by atoms with Crippen molar-refractivity contribution in [3.05, 3.63) is 34.3 Å². The molecule has 0 spiro atoms. The van der Waals surface area contributed by atoms with E-state index in [4.69, 9.17) is 22.1 Å². The lowest BCUT2D eigenvalue weighted by molar-refractivity contribution is 0.132. The lowest BCUT2D eigenvalue weighted by Gasteiger charge is -2.29. The highest BCUT2D eigenvalue weighted by Gasteiger charge is 2.20. The molecule has 3 nitrogen and oxygen atoms in total. The fourth-order valence-corrected chi connectivity index (χ4v) is 2.58. The molecular formula is C14H21ClN2O. The fraction of sp³-hybridized carbons (Fsp3) is 0.571. The largest absolute Gasteiger partial charge is 0.380 e. The summed E-state index contributed by atoms with van der Waals surface area (Å²) >= 11 is 6.20. The van der Waals surface area contributed by atoms with Crippen LogP contribution in [0, 0.1) is 6.92 Å². The quantitative estimate of drug-likeness (QED) is 0.915. The third-order valence-electron chi connectivity index (χ3n) is 3.50. The number of benzene rings is 1. The SMILES string of the molecule is Cc1ccc(C(CN)N2CCCOCC2)cc1Cl. The van der Waals surface area contributed by atoms with Crippen molar-refractivity contribution in [3.8, 4) is 0 Å². The molecule has 1 aliphatic heterocycles. The van der Waals surface area contributed by atoms with Gasteiger partial charge in [-0.2, -0.15) is 0 Å². The predicted molar refractivity (Wildman–Crippen MR) is 75.0 cm³/mol. The first-order chi connectivity index (χ1) is 8.72. The van der Waals surface area contributed by atoms with E-state index < -0.39 is 0 Å². The number of ether oxygens (including phenoxy) is 1. The van der Waals surface area contributed by atoms with Gasteiger partial charge in [0.1, 0.15) is 0 Å². The number of aryl methyl sites for hydroxylation is 1. The molecule has 1 atom stereocenters. The molecule has 0 radical (unpaired) electrons. The summed E-state index contributed by atoms with van der Waals surface area (Å²) in [6, 6.07) is 6.48. The maximum Gasteiger partial charge on any atom is 0.0593 e. The minimum atomic E-state index is 0.241. The highest BCUT2D eigenvalue weighted by atomic mass is 35.5. The van der Waals surface area contributed by atoms with E-state index in [0.29, 0.717) is 6.54 Å². The molecule has 1 aromatic carbocycles. The number of hydrogen-bond acceptors (Lipinski definition) is 3. The van der Waals surface area contributed by atoms with E-state index in [-0.39, 0.29) is 6.04 Å². The van der Waals surface area contributed by atoms with Gasteiger partial charge in [0.25, 0.3) is 0 Å². The van der Waals surface area contributed by atoms with Gasteiger partial charge in [0.05, 0.1) is 6.61 Å². The third kappa shape index (κ3) is 3.23. The Morgan fingerprint density at radius 3 is 2.94 bits per heavy atom. The topological polar surface area (TPSA) is 38.5 Å². The first-order valence-electron chi connectivity index (χ1n) is 6.50. The minimum Gasteiger partial charge on any atom is -0.380 e. The first kappa shape index (κ1) is 13.8. The van der Waals surface area contributed by atoms with E-state index in [9.17, 15) is 0 Å². The molecular weight excluding hydrogens is 248 g/mol. The van der Waals surface area contributed by atoms with Crippen LogP contribution in [0.3, 0.4) is 0 Å². The molecule has 1 aromatic rings. The van der Waals surface area contributed by atoms with Crippen molar-refractivity contribution in [1.29, 1.82) is 0 Å². The highest BCUT2D eigenvalue weighted by molar-refractivity contribution is 6.31. The van der Waals surface area contributed by atoms with Gasteiger partial charge in [-0.1, -0.05) is 23.7 Å². The Hall–Kier alpha value is -0.610. The van der Waals surface area contributed by atoms with Crippen LogP contribution in [0.25, 0.3) is 0 Å². The monoisotopic (exact) mass is 268 g/mol. The van der Waals surface area contributed by atoms with Crippen molar-refractivity contribution in [1.82, 2.24) is 4.90 Å². The summed E-state index contributed by atoms with van der Waals surface area (Å²) in [5.41, 5.74) is 8.26. The average Bonchev–Trinajstić information content (AvgIpc) is 2.64. The van der Waals surface area contributed by atoms with Crippen molar-refractivity contribution >= 4 is 11.6 Å². The van der Waals surface area contributed by atoms with Gasteiger partial charge >= 0.3 is 0 Å². The number of halogens is 1. The second-order valence-corrected chi connectivity index (χ2v) is 5.17. The van der Waals surface area contributed by atoms with Crippen LogP contribution in [0.5, 0.6) is 0 Å². The van der Waals surface area contributed by atoms with E-state index in [0.717, 1.165) is 43.3 Å². The third-order valence-corrected chi connectivity index (χ3v) is 3.91. The standard InChI is InChI=1S/C14H21ClN2O/c1-11-3-4-12(9-13(11)15)14(10-16)17-5-2-7-18-8-6-17/h3-4,9,14H,2,5-8,10,16H2,1H3. The van der Waals surface area contributed by atoms with Crippen molar-refractivity contribution < 1.29 is 4.74 Å². The summed E-state index contributed by atoms with van der Waals surface area (Å²) in [7, 11) is 0. The lowest BCUT2D eigenvalue weighted by Crippen LogP contribution is -2.35. The Morgan fingerprint density at radius 2 is 2.22 bits per heavy atom. The Kier molecular flexibility index (Phi) is 5.01. The first-order valence-corrected chi connectivity index (χ1v) is 6.88. The molecule has 0 aliphatic carbocycles. The number of hydrogen-bond donors (Lipinski definition) is 1. The molecule has 0 saturated carbocycles. The summed E-state index contributed by atoms with van der Waals surface area (Å²) in [5.74, 6) is 0. The van der Waals surface area contributed by atoms with E-state index in [1.54, 1.807) is 0 Å². The zero-order valence-corrected chi connectivity index (χ0v) is 11.6. The van der Waals surface area contributed by atoms with Gasteiger partial charge in [-0.3, -0.25) is 4.90 Å². The second kappa shape index (κ2) is 6.53. The fourth-order valence-electron chi connectivity index (χ4n) is 2.39. The number of rotatable bonds is 3. The predicted octanol–water partition coefficient (Wildman–Crippen LogP) is 2.37. The van der Waals surface area contributed by atoms with Crippen LogP contribution in [-0.4, -0.2) is 37.7 Å². The van der Waals surface area contributed by atoms with Gasteiger partial charge in [-0.25, -0.2) is 0 Å². The molecule has 1 fully saturated rings. The van der Waals surface area contributed by atoms with Crippen LogP contribution in [0.4, 0.5) is 0 Å². The average molecular weight is 269 g/mol. The summed E-state index contributed by atoms with van der Waals surface area (Å²) < 4.78 is 5.49. The number of nitrogens with zero attached hydrogens (tertiary/aromatic N) is 1. The normalized spacial score (nSPS) is 19.5. The van der Waals surface area contributed by atoms with Crippen molar-refractivity contribution in [2.24, 2.45) is 5.73 Å². The summed E-state index contributed by atoms with van der Waals surface area (Å²) in [6.45, 7) is 6.24. The Morgan fingerprint density at radius 1 is 1.39 bits per heavy atom. The van der Waals surface area contributed by atoms with Crippen LogP contribution in [0.2, 0.25) is 5.02 Å². The van der Waals surface area contributed by atoms with Crippen LogP contribution in [0.15, 0.2) is 18.2 Å². The Labute approximate surface area is 114 Å². The van der Waals surface area contributed by atoms with Crippen molar-refractivity contribution in [2.75, 3.05) is 32.8 Å². The molecule has 1 heterocycles. The molecule has 100 valence electrons. The minimum absolute atomic E-state index is 0.241. The molecule has 1 saturated heterocycles. The van der Waals surface area contributed by atoms with Crippen LogP contribution >= 0.6 is 11.6 Å². The molecule has 0 aromatic heterocycles. The molecule has 0 amide bonds. The van der Waals surface area contributed by atoms with Gasteiger partial charge in [0.15, 0.2) is 0 Å². The molecule has 1 aliphatic rings. The van der Waals surface area contributed by atoms with Gasteiger partial charge in [0.2, 0.25) is 0 Å². The summed E-state index contributed by atoms with van der Waals surface area (Å²) in [6.07, 6.45) is 1.07. The van der Waals surface area contributed by atoms with E-state index >= 15 is 0 Å². The van der Waals surface area contributed by atoms with Gasteiger partial charge in [-0.05, 0) is 30.5 Å². The van der Waals surface area contributed by atoms with Crippen LogP contribution < -0.4 is 5.73 Å². The van der Waals surface area contributed by atoms with Gasteiger partial charge in [-0.15, -0.1) is 0 Å². The van der Waals surface area contributed by atoms with Gasteiger partial charge < -0.3 is 10.5 Å². The zero-order valence-electron chi connectivity index (χ0n) is 10.9. The summed E-state index contributed by atoms with van der Waals surface area (Å²) in [5, 5.41) is 0.817. The molecule has 2 rings (SSSR count). The van der Waals surface area contributed by atoms with Crippen LogP contribution in [0.1, 0.15) is 23.6 Å². The Balaban J connectivity index is 2.17. The molecule has 1 unspecified atom stereocenters. The maximum atomic E-state index is 6.20. The molecule has 18 heavy (non-hydrogen) atoms. The lowest BCUT2D eigenvalue weighted by atomic mass is 10.0.